The Bertz CT molecular complexity index is 625. The topological polar surface area (TPSA) is 63.2 Å². The molecule has 0 aromatic heterocycles. The maximum absolute atomic E-state index is 12.3. The van der Waals surface area contributed by atoms with Crippen molar-refractivity contribution in [1.82, 2.24) is 5.01 Å². The molecule has 0 unspecified atom stereocenters. The SMILES string of the molecule is O=C1Nc2ccc(OC(F)(F)F)cc2/C1=N\N1CCOCC1. The molecule has 0 spiro atoms. The molecule has 2 heterocycles. The lowest BCUT2D eigenvalue weighted by Crippen LogP contribution is -2.34. The van der Waals surface area contributed by atoms with Crippen molar-refractivity contribution >= 4 is 17.3 Å². The largest absolute Gasteiger partial charge is 0.573 e. The minimum absolute atomic E-state index is 0.0736. The minimum atomic E-state index is -4.79. The van der Waals surface area contributed by atoms with E-state index in [1.165, 1.54) is 6.07 Å². The minimum Gasteiger partial charge on any atom is -0.406 e. The maximum Gasteiger partial charge on any atom is 0.573 e. The number of fused-ring (bicyclic) bond motifs is 1. The third kappa shape index (κ3) is 3.14. The summed E-state index contributed by atoms with van der Waals surface area (Å²) in [5, 5.41) is 8.44. The number of hydrazone groups is 1. The molecular formula is C13H12F3N3O3. The number of rotatable bonds is 2. The zero-order chi connectivity index (χ0) is 15.7. The number of carbonyl (C=O) groups is 1. The molecule has 1 N–H and O–H groups in total. The van der Waals surface area contributed by atoms with Crippen LogP contribution in [0.2, 0.25) is 0 Å². The summed E-state index contributed by atoms with van der Waals surface area (Å²) in [5.74, 6) is -0.844. The van der Waals surface area contributed by atoms with Gasteiger partial charge in [0.05, 0.1) is 32.0 Å². The fourth-order valence-corrected chi connectivity index (χ4v) is 2.22. The average molecular weight is 315 g/mol. The molecule has 0 radical (unpaired) electrons. The number of hydrogen-bond donors (Lipinski definition) is 1. The zero-order valence-corrected chi connectivity index (χ0v) is 11.3. The Kier molecular flexibility index (Phi) is 3.65. The van der Waals surface area contributed by atoms with Crippen LogP contribution in [0, 0.1) is 0 Å². The molecule has 9 heteroatoms. The van der Waals surface area contributed by atoms with E-state index in [0.29, 0.717) is 37.6 Å². The molecule has 1 amide bonds. The second-order valence-electron chi connectivity index (χ2n) is 4.72. The first-order chi connectivity index (χ1) is 10.4. The van der Waals surface area contributed by atoms with E-state index in [1.54, 1.807) is 5.01 Å². The second kappa shape index (κ2) is 5.48. The monoisotopic (exact) mass is 315 g/mol. The van der Waals surface area contributed by atoms with E-state index in [2.05, 4.69) is 15.2 Å². The Labute approximate surface area is 123 Å². The Balaban J connectivity index is 1.90. The highest BCUT2D eigenvalue weighted by Gasteiger charge is 2.33. The van der Waals surface area contributed by atoms with Gasteiger partial charge in [0.25, 0.3) is 5.91 Å². The van der Waals surface area contributed by atoms with Crippen molar-refractivity contribution in [1.29, 1.82) is 0 Å². The summed E-state index contributed by atoms with van der Waals surface area (Å²) in [6.07, 6.45) is -4.79. The molecule has 22 heavy (non-hydrogen) atoms. The number of amides is 1. The molecule has 2 aliphatic rings. The van der Waals surface area contributed by atoms with Gasteiger partial charge in [0, 0.05) is 5.56 Å². The fraction of sp³-hybridized carbons (Fsp3) is 0.385. The smallest absolute Gasteiger partial charge is 0.406 e. The number of benzene rings is 1. The van der Waals surface area contributed by atoms with E-state index in [1.807, 2.05) is 0 Å². The number of alkyl halides is 3. The van der Waals surface area contributed by atoms with Gasteiger partial charge in [-0.05, 0) is 18.2 Å². The molecule has 0 saturated carbocycles. The summed E-state index contributed by atoms with van der Waals surface area (Å²) in [4.78, 5) is 11.9. The third-order valence-electron chi connectivity index (χ3n) is 3.17. The van der Waals surface area contributed by atoms with Crippen LogP contribution in [0.1, 0.15) is 5.56 Å². The first kappa shape index (κ1) is 14.6. The predicted molar refractivity (Wildman–Crippen MR) is 70.7 cm³/mol. The number of ether oxygens (including phenoxy) is 2. The first-order valence-corrected chi connectivity index (χ1v) is 6.55. The van der Waals surface area contributed by atoms with E-state index >= 15 is 0 Å². The lowest BCUT2D eigenvalue weighted by Gasteiger charge is -2.24. The van der Waals surface area contributed by atoms with Crippen molar-refractivity contribution in [3.05, 3.63) is 23.8 Å². The molecule has 3 rings (SSSR count). The van der Waals surface area contributed by atoms with Crippen LogP contribution in [0.15, 0.2) is 23.3 Å². The summed E-state index contributed by atoms with van der Waals surface area (Å²) in [5.41, 5.74) is 0.773. The molecule has 0 aliphatic carbocycles. The molecular weight excluding hydrogens is 303 g/mol. The predicted octanol–water partition coefficient (Wildman–Crippen LogP) is 1.57. The van der Waals surface area contributed by atoms with Crippen LogP contribution in [-0.4, -0.2) is 49.3 Å². The van der Waals surface area contributed by atoms with Crippen molar-refractivity contribution < 1.29 is 27.4 Å². The molecule has 1 fully saturated rings. The molecule has 1 saturated heterocycles. The zero-order valence-electron chi connectivity index (χ0n) is 11.3. The number of nitrogens with one attached hydrogen (secondary N) is 1. The number of anilines is 1. The summed E-state index contributed by atoms with van der Waals surface area (Å²) < 4.78 is 45.9. The summed E-state index contributed by atoms with van der Waals surface area (Å²) >= 11 is 0. The molecule has 0 bridgehead atoms. The highest BCUT2D eigenvalue weighted by atomic mass is 19.4. The van der Waals surface area contributed by atoms with Gasteiger partial charge in [-0.1, -0.05) is 0 Å². The van der Waals surface area contributed by atoms with Gasteiger partial charge in [0.15, 0.2) is 5.71 Å². The highest BCUT2D eigenvalue weighted by molar-refractivity contribution is 6.53. The van der Waals surface area contributed by atoms with Crippen molar-refractivity contribution in [3.8, 4) is 5.75 Å². The number of hydrogen-bond acceptors (Lipinski definition) is 5. The molecule has 6 nitrogen and oxygen atoms in total. The molecule has 1 aromatic carbocycles. The van der Waals surface area contributed by atoms with Crippen molar-refractivity contribution in [2.24, 2.45) is 5.10 Å². The Morgan fingerprint density at radius 2 is 2.00 bits per heavy atom. The van der Waals surface area contributed by atoms with E-state index in [0.717, 1.165) is 12.1 Å². The number of morpholine rings is 1. The van der Waals surface area contributed by atoms with Gasteiger partial charge < -0.3 is 14.8 Å². The second-order valence-corrected chi connectivity index (χ2v) is 4.72. The lowest BCUT2D eigenvalue weighted by atomic mass is 10.1. The Morgan fingerprint density at radius 3 is 2.68 bits per heavy atom. The van der Waals surface area contributed by atoms with Crippen molar-refractivity contribution in [2.45, 2.75) is 6.36 Å². The standard InChI is InChI=1S/C13H12F3N3O3/c14-13(15,16)22-8-1-2-10-9(7-8)11(12(20)17-10)18-19-3-5-21-6-4-19/h1-2,7H,3-6H2,(H,17,18,20). The van der Waals surface area contributed by atoms with E-state index in [9.17, 15) is 18.0 Å². The number of halogens is 3. The van der Waals surface area contributed by atoms with Gasteiger partial charge in [-0.3, -0.25) is 9.80 Å². The maximum atomic E-state index is 12.3. The van der Waals surface area contributed by atoms with Crippen LogP contribution in [-0.2, 0) is 9.53 Å². The van der Waals surface area contributed by atoms with Crippen molar-refractivity contribution in [2.75, 3.05) is 31.6 Å². The van der Waals surface area contributed by atoms with Crippen LogP contribution in [0.4, 0.5) is 18.9 Å². The summed E-state index contributed by atoms with van der Waals surface area (Å²) in [7, 11) is 0. The van der Waals surface area contributed by atoms with Crippen LogP contribution in [0.3, 0.4) is 0 Å². The highest BCUT2D eigenvalue weighted by Crippen LogP contribution is 2.31. The molecule has 118 valence electrons. The Hall–Kier alpha value is -2.29. The summed E-state index contributed by atoms with van der Waals surface area (Å²) in [6.45, 7) is 2.01. The van der Waals surface area contributed by atoms with Gasteiger partial charge in [-0.15, -0.1) is 13.2 Å². The average Bonchev–Trinajstić information content (AvgIpc) is 2.75. The lowest BCUT2D eigenvalue weighted by molar-refractivity contribution is -0.274. The fourth-order valence-electron chi connectivity index (χ4n) is 2.22. The van der Waals surface area contributed by atoms with Gasteiger partial charge in [0.1, 0.15) is 5.75 Å². The van der Waals surface area contributed by atoms with E-state index in [-0.39, 0.29) is 5.71 Å². The van der Waals surface area contributed by atoms with Gasteiger partial charge in [-0.25, -0.2) is 0 Å². The van der Waals surface area contributed by atoms with Crippen LogP contribution >= 0.6 is 0 Å². The van der Waals surface area contributed by atoms with Crippen LogP contribution in [0.5, 0.6) is 5.75 Å². The molecule has 0 atom stereocenters. The van der Waals surface area contributed by atoms with E-state index < -0.39 is 18.0 Å². The van der Waals surface area contributed by atoms with Gasteiger partial charge in [-0.2, -0.15) is 5.10 Å². The molecule has 1 aromatic rings. The number of carbonyl (C=O) groups excluding carboxylic acids is 1. The first-order valence-electron chi connectivity index (χ1n) is 6.55. The molecule has 2 aliphatic heterocycles. The quantitative estimate of drug-likeness (QED) is 0.900. The van der Waals surface area contributed by atoms with Gasteiger partial charge in [0.2, 0.25) is 0 Å². The Morgan fingerprint density at radius 1 is 1.27 bits per heavy atom. The van der Waals surface area contributed by atoms with Crippen molar-refractivity contribution in [3.63, 3.8) is 0 Å². The van der Waals surface area contributed by atoms with E-state index in [4.69, 9.17) is 4.74 Å². The van der Waals surface area contributed by atoms with Crippen LogP contribution < -0.4 is 10.1 Å². The van der Waals surface area contributed by atoms with Crippen LogP contribution in [0.25, 0.3) is 0 Å². The third-order valence-corrected chi connectivity index (χ3v) is 3.17. The number of nitrogens with zero attached hydrogens (tertiary/aromatic N) is 2. The van der Waals surface area contributed by atoms with Gasteiger partial charge >= 0.3 is 6.36 Å². The normalized spacial score (nSPS) is 20.0. The summed E-state index contributed by atoms with van der Waals surface area (Å²) in [6, 6.07) is 3.65.